The Labute approximate surface area is 134 Å². The van der Waals surface area contributed by atoms with Gasteiger partial charge < -0.3 is 9.64 Å². The molecule has 7 heteroatoms. The number of ether oxygens (including phenoxy) is 1. The van der Waals surface area contributed by atoms with E-state index in [1.54, 1.807) is 16.7 Å². The topological polar surface area (TPSA) is 29.5 Å². The number of nitrogens with zero attached hydrogens (tertiary/aromatic N) is 1. The number of halogens is 3. The maximum absolute atomic E-state index is 12.0. The maximum Gasteiger partial charge on any atom is 0.410 e. The third kappa shape index (κ3) is 8.15. The number of amides is 1. The lowest BCUT2D eigenvalue weighted by Crippen LogP contribution is -2.37. The van der Waals surface area contributed by atoms with Gasteiger partial charge in [-0.3, -0.25) is 0 Å². The van der Waals surface area contributed by atoms with E-state index in [0.717, 1.165) is 38.0 Å². The van der Waals surface area contributed by atoms with Crippen molar-refractivity contribution in [3.05, 3.63) is 0 Å². The van der Waals surface area contributed by atoms with Gasteiger partial charge in [-0.1, -0.05) is 0 Å². The Hall–Kier alpha value is -0.590. The molecule has 1 rings (SSSR count). The molecule has 0 aromatic carbocycles. The molecular weight excluding hydrogens is 315 g/mol. The Morgan fingerprint density at radius 1 is 1.32 bits per heavy atom. The standard InChI is InChI=1S/C15H26F3NO2S/c1-12(2)21-14(20)19-9-3-6-13(19)7-4-10-22-11-5-8-15(16,17)18/h12-13H,3-11H2,1-2H3/t13-/m1/s1. The highest BCUT2D eigenvalue weighted by atomic mass is 32.2. The van der Waals surface area contributed by atoms with Crippen molar-refractivity contribution in [2.75, 3.05) is 18.1 Å². The fourth-order valence-corrected chi connectivity index (χ4v) is 3.47. The molecule has 1 amide bonds. The van der Waals surface area contributed by atoms with Crippen molar-refractivity contribution in [1.29, 1.82) is 0 Å². The van der Waals surface area contributed by atoms with Crippen LogP contribution in [0.4, 0.5) is 18.0 Å². The van der Waals surface area contributed by atoms with Gasteiger partial charge in [0.05, 0.1) is 6.10 Å². The lowest BCUT2D eigenvalue weighted by Gasteiger charge is -2.25. The van der Waals surface area contributed by atoms with Gasteiger partial charge >= 0.3 is 12.3 Å². The van der Waals surface area contributed by atoms with Crippen molar-refractivity contribution >= 4 is 17.9 Å². The number of alkyl halides is 3. The Kier molecular flexibility index (Phi) is 8.43. The molecule has 0 aliphatic carbocycles. The number of rotatable bonds is 8. The zero-order chi connectivity index (χ0) is 16.6. The normalized spacial score (nSPS) is 19.0. The summed E-state index contributed by atoms with van der Waals surface area (Å²) < 4.78 is 41.2. The molecule has 130 valence electrons. The van der Waals surface area contributed by atoms with E-state index in [-0.39, 0.29) is 24.7 Å². The number of likely N-dealkylation sites (tertiary alicyclic amines) is 1. The minimum atomic E-state index is -4.04. The van der Waals surface area contributed by atoms with Crippen LogP contribution in [0.5, 0.6) is 0 Å². The summed E-state index contributed by atoms with van der Waals surface area (Å²) in [5.74, 6) is 1.39. The molecule has 0 spiro atoms. The average Bonchev–Trinajstić information content (AvgIpc) is 2.84. The molecule has 1 atom stereocenters. The van der Waals surface area contributed by atoms with E-state index in [1.807, 2.05) is 13.8 Å². The molecule has 1 heterocycles. The maximum atomic E-state index is 12.0. The van der Waals surface area contributed by atoms with Crippen molar-refractivity contribution in [3.63, 3.8) is 0 Å². The summed E-state index contributed by atoms with van der Waals surface area (Å²) in [6, 6.07) is 0.224. The summed E-state index contributed by atoms with van der Waals surface area (Å²) in [7, 11) is 0. The van der Waals surface area contributed by atoms with Crippen molar-refractivity contribution < 1.29 is 22.7 Å². The molecule has 0 aromatic heterocycles. The molecule has 1 aliphatic heterocycles. The largest absolute Gasteiger partial charge is 0.447 e. The van der Waals surface area contributed by atoms with Crippen LogP contribution in [0.2, 0.25) is 0 Å². The molecule has 0 bridgehead atoms. The zero-order valence-electron chi connectivity index (χ0n) is 13.3. The average molecular weight is 341 g/mol. The highest BCUT2D eigenvalue weighted by Gasteiger charge is 2.29. The van der Waals surface area contributed by atoms with Crippen LogP contribution in [-0.4, -0.2) is 47.4 Å². The Morgan fingerprint density at radius 3 is 2.64 bits per heavy atom. The SMILES string of the molecule is CC(C)OC(=O)N1CCC[C@@H]1CCCSCCCC(F)(F)F. The van der Waals surface area contributed by atoms with Gasteiger partial charge in [0.2, 0.25) is 0 Å². The van der Waals surface area contributed by atoms with Crippen LogP contribution < -0.4 is 0 Å². The molecule has 1 fully saturated rings. The van der Waals surface area contributed by atoms with Gasteiger partial charge in [-0.25, -0.2) is 4.79 Å². The van der Waals surface area contributed by atoms with E-state index in [2.05, 4.69) is 0 Å². The van der Waals surface area contributed by atoms with E-state index in [4.69, 9.17) is 4.74 Å². The second-order valence-corrected chi connectivity index (χ2v) is 7.12. The summed E-state index contributed by atoms with van der Waals surface area (Å²) in [6.07, 6.45) is -1.09. The molecule has 1 saturated heterocycles. The first-order chi connectivity index (χ1) is 10.3. The second kappa shape index (κ2) is 9.53. The monoisotopic (exact) mass is 341 g/mol. The summed E-state index contributed by atoms with van der Waals surface area (Å²) in [5.41, 5.74) is 0. The van der Waals surface area contributed by atoms with Gasteiger partial charge in [-0.15, -0.1) is 0 Å². The number of hydrogen-bond acceptors (Lipinski definition) is 3. The van der Waals surface area contributed by atoms with E-state index in [9.17, 15) is 18.0 Å². The molecule has 0 saturated carbocycles. The van der Waals surface area contributed by atoms with Crippen LogP contribution in [0, 0.1) is 0 Å². The van der Waals surface area contributed by atoms with E-state index in [0.29, 0.717) is 5.75 Å². The molecule has 0 N–H and O–H groups in total. The molecule has 0 radical (unpaired) electrons. The summed E-state index contributed by atoms with van der Waals surface area (Å²) in [6.45, 7) is 4.41. The van der Waals surface area contributed by atoms with Crippen LogP contribution in [0.1, 0.15) is 52.4 Å². The number of carbonyl (C=O) groups excluding carboxylic acids is 1. The number of hydrogen-bond donors (Lipinski definition) is 0. The molecule has 3 nitrogen and oxygen atoms in total. The molecule has 0 unspecified atom stereocenters. The van der Waals surface area contributed by atoms with E-state index in [1.165, 1.54) is 0 Å². The van der Waals surface area contributed by atoms with Gasteiger partial charge in [0.15, 0.2) is 0 Å². The third-order valence-corrected chi connectivity index (χ3v) is 4.68. The van der Waals surface area contributed by atoms with Gasteiger partial charge in [-0.2, -0.15) is 24.9 Å². The van der Waals surface area contributed by atoms with Gasteiger partial charge in [0, 0.05) is 19.0 Å². The highest BCUT2D eigenvalue weighted by Crippen LogP contribution is 2.25. The van der Waals surface area contributed by atoms with Gasteiger partial charge in [0.1, 0.15) is 0 Å². The lowest BCUT2D eigenvalue weighted by atomic mass is 10.1. The first kappa shape index (κ1) is 19.5. The second-order valence-electron chi connectivity index (χ2n) is 5.90. The first-order valence-corrected chi connectivity index (χ1v) is 9.07. The van der Waals surface area contributed by atoms with Crippen molar-refractivity contribution in [2.45, 2.75) is 70.7 Å². The van der Waals surface area contributed by atoms with Gasteiger partial charge in [-0.05, 0) is 57.5 Å². The van der Waals surface area contributed by atoms with Crippen molar-refractivity contribution in [3.8, 4) is 0 Å². The zero-order valence-corrected chi connectivity index (χ0v) is 14.1. The Bertz CT molecular complexity index is 337. The summed E-state index contributed by atoms with van der Waals surface area (Å²) in [5, 5.41) is 0. The van der Waals surface area contributed by atoms with Crippen molar-refractivity contribution in [2.24, 2.45) is 0 Å². The van der Waals surface area contributed by atoms with Gasteiger partial charge in [0.25, 0.3) is 0 Å². The predicted octanol–water partition coefficient (Wildman–Crippen LogP) is 4.85. The molecular formula is C15H26F3NO2S. The minimum absolute atomic E-state index is 0.113. The van der Waals surface area contributed by atoms with Crippen LogP contribution in [-0.2, 0) is 4.74 Å². The predicted molar refractivity (Wildman–Crippen MR) is 83.2 cm³/mol. The van der Waals surface area contributed by atoms with Crippen LogP contribution in [0.3, 0.4) is 0 Å². The van der Waals surface area contributed by atoms with Crippen LogP contribution in [0.15, 0.2) is 0 Å². The summed E-state index contributed by atoms with van der Waals surface area (Å²) in [4.78, 5) is 13.7. The Morgan fingerprint density at radius 2 is 2.00 bits per heavy atom. The fourth-order valence-electron chi connectivity index (χ4n) is 2.54. The van der Waals surface area contributed by atoms with E-state index >= 15 is 0 Å². The third-order valence-electron chi connectivity index (χ3n) is 3.52. The highest BCUT2D eigenvalue weighted by molar-refractivity contribution is 7.99. The number of carbonyl (C=O) groups is 1. The number of thioether (sulfide) groups is 1. The molecule has 0 aromatic rings. The molecule has 1 aliphatic rings. The quantitative estimate of drug-likeness (QED) is 0.591. The smallest absolute Gasteiger partial charge is 0.410 e. The molecule has 22 heavy (non-hydrogen) atoms. The minimum Gasteiger partial charge on any atom is -0.447 e. The summed E-state index contributed by atoms with van der Waals surface area (Å²) >= 11 is 1.56. The Balaban J connectivity index is 2.12. The van der Waals surface area contributed by atoms with Crippen molar-refractivity contribution in [1.82, 2.24) is 4.90 Å². The first-order valence-electron chi connectivity index (χ1n) is 7.91. The fraction of sp³-hybridized carbons (Fsp3) is 0.933. The van der Waals surface area contributed by atoms with Crippen LogP contribution in [0.25, 0.3) is 0 Å². The lowest BCUT2D eigenvalue weighted by molar-refractivity contribution is -0.134. The van der Waals surface area contributed by atoms with Crippen LogP contribution >= 0.6 is 11.8 Å². The van der Waals surface area contributed by atoms with E-state index < -0.39 is 12.6 Å².